The molecule has 2 aromatic carbocycles. The van der Waals surface area contributed by atoms with Crippen LogP contribution in [-0.2, 0) is 23.2 Å². The lowest BCUT2D eigenvalue weighted by atomic mass is 10.1. The first-order valence-electron chi connectivity index (χ1n) is 8.79. The average molecular weight is 485 g/mol. The first-order chi connectivity index (χ1) is 14.9. The third-order valence-corrected chi connectivity index (χ3v) is 6.34. The molecule has 0 saturated carbocycles. The minimum Gasteiger partial charge on any atom is -0.338 e. The molecule has 2 amide bonds. The number of nitrogens with zero attached hydrogens (tertiary/aromatic N) is 3. The molecule has 0 bridgehead atoms. The van der Waals surface area contributed by atoms with E-state index < -0.39 is 38.5 Å². The van der Waals surface area contributed by atoms with Gasteiger partial charge < -0.3 is 4.57 Å². The van der Waals surface area contributed by atoms with E-state index in [0.717, 1.165) is 17.0 Å². The van der Waals surface area contributed by atoms with Gasteiger partial charge in [0.15, 0.2) is 5.82 Å². The molecule has 0 aliphatic carbocycles. The van der Waals surface area contributed by atoms with E-state index in [2.05, 4.69) is 9.71 Å². The molecule has 2 heterocycles. The minimum atomic E-state index is -4.63. The summed E-state index contributed by atoms with van der Waals surface area (Å²) in [5.41, 5.74) is -1.77. The molecule has 1 aromatic heterocycles. The Hall–Kier alpha value is -3.38. The van der Waals surface area contributed by atoms with Crippen LogP contribution in [0.3, 0.4) is 0 Å². The number of anilines is 2. The summed E-state index contributed by atoms with van der Waals surface area (Å²) < 4.78 is 67.4. The fourth-order valence-electron chi connectivity index (χ4n) is 3.16. The van der Waals surface area contributed by atoms with Crippen LogP contribution in [0.4, 0.5) is 24.7 Å². The number of halogens is 4. The number of nitrogens with one attached hydrogen (secondary N) is 1. The lowest BCUT2D eigenvalue weighted by Gasteiger charge is -2.13. The predicted octanol–water partition coefficient (Wildman–Crippen LogP) is 3.69. The maximum absolute atomic E-state index is 13.0. The maximum Gasteiger partial charge on any atom is 0.416 e. The van der Waals surface area contributed by atoms with Crippen LogP contribution in [0, 0.1) is 0 Å². The summed E-state index contributed by atoms with van der Waals surface area (Å²) >= 11 is 6.10. The molecule has 0 atom stereocenters. The number of hydrogen-bond donors (Lipinski definition) is 1. The first kappa shape index (κ1) is 21.8. The van der Waals surface area contributed by atoms with E-state index in [9.17, 15) is 31.2 Å². The smallest absolute Gasteiger partial charge is 0.338 e. The number of hydrogen-bond acceptors (Lipinski definition) is 5. The number of sulfonamides is 1. The van der Waals surface area contributed by atoms with E-state index in [-0.39, 0.29) is 27.7 Å². The Kier molecular flexibility index (Phi) is 5.01. The zero-order valence-corrected chi connectivity index (χ0v) is 17.6. The Balaban J connectivity index is 1.73. The first-order valence-corrected chi connectivity index (χ1v) is 10.7. The van der Waals surface area contributed by atoms with Crippen molar-refractivity contribution in [2.75, 3.05) is 9.62 Å². The van der Waals surface area contributed by atoms with Gasteiger partial charge in [0.25, 0.3) is 21.8 Å². The normalized spacial score (nSPS) is 14.1. The third kappa shape index (κ3) is 3.60. The molecule has 0 saturated heterocycles. The Morgan fingerprint density at radius 3 is 2.19 bits per heavy atom. The van der Waals surface area contributed by atoms with Gasteiger partial charge in [-0.25, -0.2) is 18.3 Å². The fourth-order valence-corrected chi connectivity index (χ4v) is 4.47. The molecule has 1 N–H and O–H groups in total. The fraction of sp³-hybridized carbons (Fsp3) is 0.105. The van der Waals surface area contributed by atoms with Crippen molar-refractivity contribution >= 4 is 44.9 Å². The summed E-state index contributed by atoms with van der Waals surface area (Å²) in [7, 11) is -2.76. The highest BCUT2D eigenvalue weighted by atomic mass is 35.5. The number of amides is 2. The number of alkyl halides is 3. The van der Waals surface area contributed by atoms with Crippen LogP contribution in [0.15, 0.2) is 53.8 Å². The largest absolute Gasteiger partial charge is 0.416 e. The van der Waals surface area contributed by atoms with Gasteiger partial charge in [-0.2, -0.15) is 13.2 Å². The SMILES string of the molecule is Cn1cnc(N2C(=O)c3c(Cl)ccc(NS(=O)(=O)c4ccc(C(F)(F)F)cc4)c3C2=O)c1. The molecule has 1 aliphatic heterocycles. The van der Waals surface area contributed by atoms with Crippen molar-refractivity contribution in [3.05, 3.63) is 70.6 Å². The average Bonchev–Trinajstić information content (AvgIpc) is 3.24. The zero-order valence-electron chi connectivity index (χ0n) is 16.0. The lowest BCUT2D eigenvalue weighted by molar-refractivity contribution is -0.137. The molecule has 8 nitrogen and oxygen atoms in total. The molecule has 0 unspecified atom stereocenters. The number of imidazole rings is 1. The predicted molar refractivity (Wildman–Crippen MR) is 108 cm³/mol. The van der Waals surface area contributed by atoms with Gasteiger partial charge in [0, 0.05) is 13.2 Å². The summed E-state index contributed by atoms with van der Waals surface area (Å²) in [5.74, 6) is -1.62. The monoisotopic (exact) mass is 484 g/mol. The molecule has 166 valence electrons. The van der Waals surface area contributed by atoms with Crippen molar-refractivity contribution in [2.24, 2.45) is 7.05 Å². The van der Waals surface area contributed by atoms with Crippen molar-refractivity contribution in [1.82, 2.24) is 9.55 Å². The van der Waals surface area contributed by atoms with E-state index in [1.54, 1.807) is 7.05 Å². The van der Waals surface area contributed by atoms with Gasteiger partial charge in [-0.15, -0.1) is 0 Å². The van der Waals surface area contributed by atoms with Crippen LogP contribution in [0.25, 0.3) is 0 Å². The number of rotatable bonds is 4. The second-order valence-electron chi connectivity index (χ2n) is 6.82. The number of imide groups is 1. The van der Waals surface area contributed by atoms with E-state index in [0.29, 0.717) is 12.1 Å². The molecule has 13 heteroatoms. The lowest BCUT2D eigenvalue weighted by Crippen LogP contribution is -2.30. The van der Waals surface area contributed by atoms with Gasteiger partial charge in [-0.05, 0) is 36.4 Å². The summed E-state index contributed by atoms with van der Waals surface area (Å²) in [5, 5.41) is -0.0748. The summed E-state index contributed by atoms with van der Waals surface area (Å²) in [6, 6.07) is 5.24. The standard InChI is InChI=1S/C19H12ClF3N4O4S/c1-26-8-14(24-9-26)27-17(28)15-12(20)6-7-13(16(15)18(27)29)25-32(30,31)11-4-2-10(3-5-11)19(21,22)23/h2-9,25H,1H3. The Bertz CT molecular complexity index is 1370. The Labute approximate surface area is 184 Å². The molecule has 4 rings (SSSR count). The van der Waals surface area contributed by atoms with E-state index in [1.807, 2.05) is 0 Å². The number of benzene rings is 2. The summed E-state index contributed by atoms with van der Waals surface area (Å²) in [4.78, 5) is 30.1. The molecule has 3 aromatic rings. The van der Waals surface area contributed by atoms with Crippen LogP contribution in [0.2, 0.25) is 5.02 Å². The van der Waals surface area contributed by atoms with Gasteiger partial charge in [-0.3, -0.25) is 14.3 Å². The molecule has 32 heavy (non-hydrogen) atoms. The number of carbonyl (C=O) groups is 2. The second-order valence-corrected chi connectivity index (χ2v) is 8.91. The second kappa shape index (κ2) is 7.35. The summed E-state index contributed by atoms with van der Waals surface area (Å²) in [6.45, 7) is 0. The number of fused-ring (bicyclic) bond motifs is 1. The van der Waals surface area contributed by atoms with E-state index in [1.165, 1.54) is 29.2 Å². The van der Waals surface area contributed by atoms with Gasteiger partial charge in [0.2, 0.25) is 0 Å². The van der Waals surface area contributed by atoms with Crippen molar-refractivity contribution < 1.29 is 31.2 Å². The van der Waals surface area contributed by atoms with Crippen LogP contribution in [0.1, 0.15) is 26.3 Å². The van der Waals surface area contributed by atoms with Gasteiger partial charge >= 0.3 is 6.18 Å². The van der Waals surface area contributed by atoms with Crippen LogP contribution in [-0.4, -0.2) is 29.8 Å². The van der Waals surface area contributed by atoms with Crippen molar-refractivity contribution in [2.45, 2.75) is 11.1 Å². The highest BCUT2D eigenvalue weighted by Crippen LogP contribution is 2.37. The Morgan fingerprint density at radius 1 is 1.00 bits per heavy atom. The molecular formula is C19H12ClF3N4O4S. The highest BCUT2D eigenvalue weighted by molar-refractivity contribution is 7.92. The van der Waals surface area contributed by atoms with Crippen LogP contribution >= 0.6 is 11.6 Å². The quantitative estimate of drug-likeness (QED) is 0.569. The molecule has 0 radical (unpaired) electrons. The number of aromatic nitrogens is 2. The minimum absolute atomic E-state index is 0.0197. The number of aryl methyl sites for hydroxylation is 1. The maximum atomic E-state index is 13.0. The van der Waals surface area contributed by atoms with Crippen LogP contribution in [0.5, 0.6) is 0 Å². The third-order valence-electron chi connectivity index (χ3n) is 4.65. The van der Waals surface area contributed by atoms with E-state index >= 15 is 0 Å². The highest BCUT2D eigenvalue weighted by Gasteiger charge is 2.42. The van der Waals surface area contributed by atoms with Crippen molar-refractivity contribution in [1.29, 1.82) is 0 Å². The topological polar surface area (TPSA) is 101 Å². The number of carbonyl (C=O) groups excluding carboxylic acids is 2. The Morgan fingerprint density at radius 2 is 1.62 bits per heavy atom. The molecule has 0 fully saturated rings. The van der Waals surface area contributed by atoms with Crippen molar-refractivity contribution in [3.8, 4) is 0 Å². The molecule has 0 spiro atoms. The molecular weight excluding hydrogens is 473 g/mol. The van der Waals surface area contributed by atoms with Gasteiger partial charge in [0.05, 0.1) is 38.6 Å². The van der Waals surface area contributed by atoms with Crippen molar-refractivity contribution in [3.63, 3.8) is 0 Å². The molecule has 1 aliphatic rings. The zero-order chi connectivity index (χ0) is 23.4. The summed E-state index contributed by atoms with van der Waals surface area (Å²) in [6.07, 6.45) is -1.84. The van der Waals surface area contributed by atoms with E-state index in [4.69, 9.17) is 11.6 Å². The van der Waals surface area contributed by atoms with Crippen LogP contribution < -0.4 is 9.62 Å². The van der Waals surface area contributed by atoms with Gasteiger partial charge in [-0.1, -0.05) is 11.6 Å². The van der Waals surface area contributed by atoms with Gasteiger partial charge in [0.1, 0.15) is 0 Å².